The normalized spacial score (nSPS) is 17.4. The van der Waals surface area contributed by atoms with Crippen molar-refractivity contribution in [3.05, 3.63) is 101 Å². The fourth-order valence-corrected chi connectivity index (χ4v) is 7.93. The second-order valence-electron chi connectivity index (χ2n) is 13.8. The Morgan fingerprint density at radius 1 is 1.02 bits per heavy atom. The number of hydrogen-bond donors (Lipinski definition) is 2. The lowest BCUT2D eigenvalue weighted by molar-refractivity contribution is -0.142. The van der Waals surface area contributed by atoms with Crippen LogP contribution in [0.1, 0.15) is 40.2 Å². The van der Waals surface area contributed by atoms with E-state index in [0.717, 1.165) is 18.4 Å². The van der Waals surface area contributed by atoms with Crippen LogP contribution < -0.4 is 10.0 Å². The van der Waals surface area contributed by atoms with Crippen LogP contribution in [-0.2, 0) is 54.0 Å². The molecule has 4 aromatic heterocycles. The monoisotopic (exact) mass is 811 g/mol. The number of nitrogens with one attached hydrogen (secondary N) is 2. The van der Waals surface area contributed by atoms with E-state index in [1.165, 1.54) is 15.6 Å². The summed E-state index contributed by atoms with van der Waals surface area (Å²) in [5.74, 6) is -5.33. The highest BCUT2D eigenvalue weighted by molar-refractivity contribution is 7.92. The van der Waals surface area contributed by atoms with Gasteiger partial charge in [0.05, 0.1) is 41.3 Å². The summed E-state index contributed by atoms with van der Waals surface area (Å²) in [6.45, 7) is -1.10. The molecule has 2 aliphatic rings. The molecule has 0 aliphatic heterocycles. The molecule has 2 aliphatic carbocycles. The zero-order valence-electron chi connectivity index (χ0n) is 29.8. The summed E-state index contributed by atoms with van der Waals surface area (Å²) < 4.78 is 133. The number of aryl methyl sites for hydroxylation is 2. The summed E-state index contributed by atoms with van der Waals surface area (Å²) in [4.78, 5) is 18.9. The van der Waals surface area contributed by atoms with Crippen LogP contribution in [0.2, 0.25) is 0 Å². The highest BCUT2D eigenvalue weighted by Gasteiger charge is 2.62. The maximum absolute atomic E-state index is 15.5. The fourth-order valence-electron chi connectivity index (χ4n) is 7.43. The molecule has 57 heavy (non-hydrogen) atoms. The van der Waals surface area contributed by atoms with Crippen LogP contribution in [0.4, 0.5) is 36.6 Å². The molecule has 0 saturated heterocycles. The number of rotatable bonds is 10. The lowest BCUT2D eigenvalue weighted by Crippen LogP contribution is -2.36. The summed E-state index contributed by atoms with van der Waals surface area (Å²) >= 11 is 0. The molecule has 0 radical (unpaired) electrons. The summed E-state index contributed by atoms with van der Waals surface area (Å²) in [7, 11) is -0.534. The minimum atomic E-state index is -5.13. The van der Waals surface area contributed by atoms with Crippen molar-refractivity contribution in [3.8, 4) is 34.2 Å². The average Bonchev–Trinajstić information content (AvgIpc) is 3.80. The number of amides is 1. The van der Waals surface area contributed by atoms with Gasteiger partial charge >= 0.3 is 12.1 Å². The first-order chi connectivity index (χ1) is 26.8. The van der Waals surface area contributed by atoms with Gasteiger partial charge < -0.3 is 5.32 Å². The third-order valence-corrected chi connectivity index (χ3v) is 10.2. The molecule has 0 spiro atoms. The summed E-state index contributed by atoms with van der Waals surface area (Å²) in [6, 6.07) is 9.55. The Kier molecular flexibility index (Phi) is 8.71. The molecule has 2 aromatic carbocycles. The molecule has 0 bridgehead atoms. The van der Waals surface area contributed by atoms with E-state index >= 15 is 8.78 Å². The molecule has 12 nitrogen and oxygen atoms in total. The maximum Gasteiger partial charge on any atom is 0.435 e. The van der Waals surface area contributed by atoms with Gasteiger partial charge in [-0.05, 0) is 36.2 Å². The molecule has 2 N–H and O–H groups in total. The van der Waals surface area contributed by atoms with Crippen molar-refractivity contribution in [3.63, 3.8) is 0 Å². The second-order valence-corrected chi connectivity index (χ2v) is 15.6. The quantitative estimate of drug-likeness (QED) is 0.131. The SMILES string of the molecule is Cn1cc(-c2ccc(-c3cccc4c(NS(C)(=O)=O)nn(C)c34)c([C@H](Cc3cc(F)cc(F)c3)NC(=O)Cn3nc(C(F)(F)F)c4c3C(F)(F)[C@@H]3C#C[C@H]43)n2)cn1. The lowest BCUT2D eigenvalue weighted by atomic mass is 9.84. The molecule has 1 amide bonds. The number of alkyl halides is 5. The Labute approximate surface area is 318 Å². The van der Waals surface area contributed by atoms with E-state index in [4.69, 9.17) is 4.98 Å². The Morgan fingerprint density at radius 3 is 2.39 bits per heavy atom. The number of aromatic nitrogens is 7. The van der Waals surface area contributed by atoms with Crippen LogP contribution in [0.25, 0.3) is 33.3 Å². The van der Waals surface area contributed by atoms with E-state index in [9.17, 15) is 35.2 Å². The highest BCUT2D eigenvalue weighted by atomic mass is 32.2. The zero-order chi connectivity index (χ0) is 40.8. The van der Waals surface area contributed by atoms with Crippen molar-refractivity contribution in [1.29, 1.82) is 0 Å². The number of anilines is 1. The molecular weight excluding hydrogens is 784 g/mol. The Bertz CT molecular complexity index is 2800. The zero-order valence-corrected chi connectivity index (χ0v) is 30.6. The van der Waals surface area contributed by atoms with E-state index in [0.29, 0.717) is 44.0 Å². The first kappa shape index (κ1) is 37.7. The second kappa shape index (κ2) is 13.2. The molecule has 4 heterocycles. The first-order valence-corrected chi connectivity index (χ1v) is 18.9. The van der Waals surface area contributed by atoms with Gasteiger partial charge in [-0.1, -0.05) is 30.0 Å². The van der Waals surface area contributed by atoms with Gasteiger partial charge in [0.15, 0.2) is 11.5 Å². The van der Waals surface area contributed by atoms with Crippen molar-refractivity contribution >= 4 is 32.7 Å². The molecular formula is C37H28F7N9O3S. The van der Waals surface area contributed by atoms with Gasteiger partial charge in [0, 0.05) is 54.0 Å². The standard InChI is InChI=1S/C37H28F7N9O3S/c1-51-16-19(15-45-51)27-10-8-22(23-5-4-6-25-32(23)52(2)49-35(25)50-57(3,55)56)31(47-27)28(13-18-11-20(38)14-21(39)12-18)46-29(54)17-53-34-30(33(48-53)37(42,43)44)24-7-9-26(24)36(34,40)41/h4-6,8,10-12,14-16,24,26,28H,13,17H2,1-3H3,(H,46,54)(H,49,50)/t24-,26+,28-/m0/s1. The average molecular weight is 812 g/mol. The Hall–Kier alpha value is -6.23. The number of sulfonamides is 1. The summed E-state index contributed by atoms with van der Waals surface area (Å²) in [6.07, 6.45) is -1.36. The van der Waals surface area contributed by atoms with Gasteiger partial charge in [-0.15, -0.1) is 0 Å². The van der Waals surface area contributed by atoms with E-state index in [1.807, 2.05) is 0 Å². The number of hydrogen-bond acceptors (Lipinski definition) is 7. The van der Waals surface area contributed by atoms with E-state index < -0.39 is 81.0 Å². The summed E-state index contributed by atoms with van der Waals surface area (Å²) in [5.41, 5.74) is -1.30. The smallest absolute Gasteiger partial charge is 0.346 e. The molecule has 294 valence electrons. The van der Waals surface area contributed by atoms with Crippen LogP contribution >= 0.6 is 0 Å². The van der Waals surface area contributed by atoms with Crippen LogP contribution in [-0.4, -0.2) is 54.9 Å². The van der Waals surface area contributed by atoms with Gasteiger partial charge in [0.1, 0.15) is 29.8 Å². The number of nitrogens with zero attached hydrogens (tertiary/aromatic N) is 7. The van der Waals surface area contributed by atoms with Gasteiger partial charge in [-0.3, -0.25) is 23.6 Å². The molecule has 0 unspecified atom stereocenters. The van der Waals surface area contributed by atoms with E-state index in [2.05, 4.69) is 37.2 Å². The summed E-state index contributed by atoms with van der Waals surface area (Å²) in [5, 5.41) is 15.0. The Balaban J connectivity index is 1.27. The fraction of sp³-hybridized carbons (Fsp3) is 0.270. The van der Waals surface area contributed by atoms with E-state index in [-0.39, 0.29) is 23.5 Å². The molecule has 8 rings (SSSR count). The Morgan fingerprint density at radius 2 is 1.75 bits per heavy atom. The molecule has 6 aromatic rings. The van der Waals surface area contributed by atoms with Gasteiger partial charge in [-0.25, -0.2) is 22.2 Å². The van der Waals surface area contributed by atoms with Gasteiger partial charge in [-0.2, -0.15) is 37.2 Å². The number of fused-ring (bicyclic) bond motifs is 4. The third-order valence-electron chi connectivity index (χ3n) is 9.69. The maximum atomic E-state index is 15.5. The molecule has 20 heteroatoms. The minimum absolute atomic E-state index is 0.0130. The van der Waals surface area contributed by atoms with Crippen LogP contribution in [0, 0.1) is 29.4 Å². The number of halogens is 7. The van der Waals surface area contributed by atoms with Crippen LogP contribution in [0.3, 0.4) is 0 Å². The lowest BCUT2D eigenvalue weighted by Gasteiger charge is -2.24. The van der Waals surface area contributed by atoms with E-state index in [1.54, 1.807) is 50.6 Å². The van der Waals surface area contributed by atoms with Crippen molar-refractivity contribution < 1.29 is 43.9 Å². The largest absolute Gasteiger partial charge is 0.435 e. The predicted octanol–water partition coefficient (Wildman–Crippen LogP) is 5.82. The van der Waals surface area contributed by atoms with Crippen molar-refractivity contribution in [2.45, 2.75) is 37.0 Å². The molecule has 0 saturated carbocycles. The number of pyridine rings is 1. The first-order valence-electron chi connectivity index (χ1n) is 17.0. The van der Waals surface area contributed by atoms with Crippen molar-refractivity contribution in [1.82, 2.24) is 39.6 Å². The van der Waals surface area contributed by atoms with Crippen LogP contribution in [0.15, 0.2) is 60.9 Å². The predicted molar refractivity (Wildman–Crippen MR) is 191 cm³/mol. The van der Waals surface area contributed by atoms with Gasteiger partial charge in [0.2, 0.25) is 15.9 Å². The topological polar surface area (TPSA) is 142 Å². The van der Waals surface area contributed by atoms with Gasteiger partial charge in [0.25, 0.3) is 0 Å². The number of carbonyl (C=O) groups is 1. The minimum Gasteiger partial charge on any atom is -0.346 e. The molecule has 0 fully saturated rings. The number of carbonyl (C=O) groups excluding carboxylic acids is 1. The third kappa shape index (κ3) is 6.74. The number of para-hydroxylation sites is 1. The van der Waals surface area contributed by atoms with Crippen molar-refractivity contribution in [2.75, 3.05) is 11.0 Å². The van der Waals surface area contributed by atoms with Crippen LogP contribution in [0.5, 0.6) is 0 Å². The van der Waals surface area contributed by atoms with Crippen molar-refractivity contribution in [2.24, 2.45) is 20.0 Å². The highest BCUT2D eigenvalue weighted by Crippen LogP contribution is 2.58. The molecule has 3 atom stereocenters. The number of benzene rings is 2.